The second-order valence-electron chi connectivity index (χ2n) is 5.55. The highest BCUT2D eigenvalue weighted by Gasteiger charge is 2.29. The van der Waals surface area contributed by atoms with Crippen LogP contribution in [0.1, 0.15) is 23.9 Å². The Morgan fingerprint density at radius 2 is 2.12 bits per heavy atom. The van der Waals surface area contributed by atoms with E-state index in [0.717, 1.165) is 5.56 Å². The zero-order valence-electron chi connectivity index (χ0n) is 14.0. The van der Waals surface area contributed by atoms with Gasteiger partial charge in [0, 0.05) is 26.0 Å². The van der Waals surface area contributed by atoms with Gasteiger partial charge < -0.3 is 9.42 Å². The number of hydrogen-bond donors (Lipinski definition) is 1. The van der Waals surface area contributed by atoms with Gasteiger partial charge in [-0.05, 0) is 32.4 Å². The van der Waals surface area contributed by atoms with Gasteiger partial charge in [-0.3, -0.25) is 9.78 Å². The van der Waals surface area contributed by atoms with Crippen molar-refractivity contribution >= 4 is 15.9 Å². The predicted octanol–water partition coefficient (Wildman–Crippen LogP) is 1.01. The van der Waals surface area contributed by atoms with Crippen LogP contribution in [0.4, 0.5) is 0 Å². The number of rotatable bonds is 6. The van der Waals surface area contributed by atoms with E-state index in [2.05, 4.69) is 14.9 Å². The number of amides is 1. The van der Waals surface area contributed by atoms with E-state index in [1.165, 1.54) is 25.7 Å². The predicted molar refractivity (Wildman–Crippen MR) is 86.5 cm³/mol. The lowest BCUT2D eigenvalue weighted by Crippen LogP contribution is -2.45. The molecule has 0 aliphatic heterocycles. The molecule has 0 aliphatic rings. The molecule has 0 saturated carbocycles. The van der Waals surface area contributed by atoms with Gasteiger partial charge in [-0.1, -0.05) is 11.2 Å². The van der Waals surface area contributed by atoms with Crippen LogP contribution in [0.25, 0.3) is 0 Å². The van der Waals surface area contributed by atoms with E-state index in [1.807, 2.05) is 6.07 Å². The molecular formula is C15H20N4O4S. The maximum atomic E-state index is 12.4. The summed E-state index contributed by atoms with van der Waals surface area (Å²) >= 11 is 0. The normalized spacial score (nSPS) is 12.8. The van der Waals surface area contributed by atoms with Crippen molar-refractivity contribution in [3.8, 4) is 0 Å². The van der Waals surface area contributed by atoms with Crippen LogP contribution in [0, 0.1) is 13.8 Å². The van der Waals surface area contributed by atoms with Gasteiger partial charge in [-0.25, -0.2) is 8.42 Å². The molecule has 130 valence electrons. The number of likely N-dealkylation sites (N-methyl/N-ethyl adjacent to an activating group) is 1. The van der Waals surface area contributed by atoms with Crippen molar-refractivity contribution in [1.82, 2.24) is 19.8 Å². The topological polar surface area (TPSA) is 105 Å². The second-order valence-corrected chi connectivity index (χ2v) is 7.20. The summed E-state index contributed by atoms with van der Waals surface area (Å²) in [4.78, 5) is 17.8. The fraction of sp³-hybridized carbons (Fsp3) is 0.400. The highest BCUT2D eigenvalue weighted by molar-refractivity contribution is 7.89. The summed E-state index contributed by atoms with van der Waals surface area (Å²) < 4.78 is 32.1. The van der Waals surface area contributed by atoms with Gasteiger partial charge in [0.1, 0.15) is 10.6 Å². The Bertz CT molecular complexity index is 798. The van der Waals surface area contributed by atoms with Gasteiger partial charge in [-0.15, -0.1) is 0 Å². The van der Waals surface area contributed by atoms with E-state index in [4.69, 9.17) is 4.52 Å². The van der Waals surface area contributed by atoms with Gasteiger partial charge in [0.05, 0.1) is 6.04 Å². The van der Waals surface area contributed by atoms with Gasteiger partial charge in [-0.2, -0.15) is 4.72 Å². The molecule has 8 nitrogen and oxygen atoms in total. The summed E-state index contributed by atoms with van der Waals surface area (Å²) in [6.07, 6.45) is 3.30. The molecule has 0 saturated heterocycles. The number of nitrogens with one attached hydrogen (secondary N) is 1. The zero-order chi connectivity index (χ0) is 17.9. The van der Waals surface area contributed by atoms with Gasteiger partial charge in [0.25, 0.3) is 0 Å². The summed E-state index contributed by atoms with van der Waals surface area (Å²) in [7, 11) is -2.29. The molecule has 0 spiro atoms. The number of carbonyl (C=O) groups is 1. The van der Waals surface area contributed by atoms with Crippen LogP contribution in [0.15, 0.2) is 33.9 Å². The minimum Gasteiger partial charge on any atom is -0.360 e. The van der Waals surface area contributed by atoms with Crippen LogP contribution in [0.2, 0.25) is 0 Å². The third kappa shape index (κ3) is 3.98. The zero-order valence-corrected chi connectivity index (χ0v) is 14.8. The molecule has 0 fully saturated rings. The van der Waals surface area contributed by atoms with Gasteiger partial charge in [0.2, 0.25) is 15.9 Å². The molecule has 2 aromatic rings. The third-order valence-corrected chi connectivity index (χ3v) is 5.24. The number of sulfonamides is 1. The Hall–Kier alpha value is -2.26. The average molecular weight is 352 g/mol. The Kier molecular flexibility index (Phi) is 5.35. The molecule has 0 radical (unpaired) electrons. The first-order valence-corrected chi connectivity index (χ1v) is 8.79. The average Bonchev–Trinajstić information content (AvgIpc) is 2.86. The largest absolute Gasteiger partial charge is 0.360 e. The lowest BCUT2D eigenvalue weighted by atomic mass is 10.2. The van der Waals surface area contributed by atoms with E-state index in [9.17, 15) is 13.2 Å². The molecule has 0 aromatic carbocycles. The number of pyridine rings is 1. The summed E-state index contributed by atoms with van der Waals surface area (Å²) in [5, 5.41) is 3.63. The van der Waals surface area contributed by atoms with Crippen molar-refractivity contribution in [3.05, 3.63) is 41.5 Å². The quantitative estimate of drug-likeness (QED) is 0.832. The molecule has 2 heterocycles. The van der Waals surface area contributed by atoms with Crippen molar-refractivity contribution < 1.29 is 17.7 Å². The number of hydrogen-bond acceptors (Lipinski definition) is 6. The maximum Gasteiger partial charge on any atom is 0.246 e. The SMILES string of the molecule is Cc1noc(C)c1S(=O)(=O)N[C@@H](C)C(=O)N(C)Cc1cccnc1. The third-order valence-electron chi connectivity index (χ3n) is 3.46. The Morgan fingerprint density at radius 3 is 2.67 bits per heavy atom. The first kappa shape index (κ1) is 18.1. The van der Waals surface area contributed by atoms with Crippen molar-refractivity contribution in [2.24, 2.45) is 0 Å². The van der Waals surface area contributed by atoms with E-state index < -0.39 is 16.1 Å². The summed E-state index contributed by atoms with van der Waals surface area (Å²) in [5.74, 6) is -0.169. The molecule has 2 aromatic heterocycles. The Labute approximate surface area is 140 Å². The molecule has 1 atom stereocenters. The Morgan fingerprint density at radius 1 is 1.42 bits per heavy atom. The molecule has 0 bridgehead atoms. The highest BCUT2D eigenvalue weighted by atomic mass is 32.2. The number of aromatic nitrogens is 2. The van der Waals surface area contributed by atoms with Crippen LogP contribution in [-0.4, -0.2) is 42.5 Å². The van der Waals surface area contributed by atoms with Crippen LogP contribution >= 0.6 is 0 Å². The van der Waals surface area contributed by atoms with E-state index in [1.54, 1.807) is 25.5 Å². The van der Waals surface area contributed by atoms with E-state index in [-0.39, 0.29) is 22.3 Å². The minimum absolute atomic E-state index is 0.0305. The van der Waals surface area contributed by atoms with Crippen molar-refractivity contribution in [1.29, 1.82) is 0 Å². The first-order chi connectivity index (χ1) is 11.2. The number of nitrogens with zero attached hydrogens (tertiary/aromatic N) is 3. The molecule has 24 heavy (non-hydrogen) atoms. The van der Waals surface area contributed by atoms with Crippen LogP contribution in [0.3, 0.4) is 0 Å². The second kappa shape index (κ2) is 7.10. The number of carbonyl (C=O) groups excluding carboxylic acids is 1. The maximum absolute atomic E-state index is 12.4. The first-order valence-electron chi connectivity index (χ1n) is 7.31. The van der Waals surface area contributed by atoms with Crippen LogP contribution in [0.5, 0.6) is 0 Å². The molecule has 1 N–H and O–H groups in total. The molecule has 1 amide bonds. The van der Waals surface area contributed by atoms with E-state index >= 15 is 0 Å². The standard InChI is InChI=1S/C15H20N4O4S/c1-10-14(12(3)23-17-10)24(21,22)18-11(2)15(20)19(4)9-13-6-5-7-16-8-13/h5-8,11,18H,9H2,1-4H3/t11-/m0/s1. The highest BCUT2D eigenvalue weighted by Crippen LogP contribution is 2.19. The molecular weight excluding hydrogens is 332 g/mol. The summed E-state index contributed by atoms with van der Waals surface area (Å²) in [6.45, 7) is 4.88. The lowest BCUT2D eigenvalue weighted by molar-refractivity contribution is -0.131. The van der Waals surface area contributed by atoms with Gasteiger partial charge >= 0.3 is 0 Å². The van der Waals surface area contributed by atoms with Gasteiger partial charge in [0.15, 0.2) is 5.76 Å². The van der Waals surface area contributed by atoms with Crippen molar-refractivity contribution in [2.45, 2.75) is 38.3 Å². The molecule has 0 aliphatic carbocycles. The fourth-order valence-corrected chi connectivity index (χ4v) is 3.90. The van der Waals surface area contributed by atoms with Crippen LogP contribution in [-0.2, 0) is 21.4 Å². The summed E-state index contributed by atoms with van der Waals surface area (Å²) in [6, 6.07) is 2.69. The summed E-state index contributed by atoms with van der Waals surface area (Å²) in [5.41, 5.74) is 1.11. The smallest absolute Gasteiger partial charge is 0.246 e. The van der Waals surface area contributed by atoms with E-state index in [0.29, 0.717) is 6.54 Å². The van der Waals surface area contributed by atoms with Crippen molar-refractivity contribution in [3.63, 3.8) is 0 Å². The number of aryl methyl sites for hydroxylation is 2. The Balaban J connectivity index is 2.08. The fourth-order valence-electron chi connectivity index (χ4n) is 2.37. The molecule has 2 rings (SSSR count). The molecule has 0 unspecified atom stereocenters. The lowest BCUT2D eigenvalue weighted by Gasteiger charge is -2.22. The monoisotopic (exact) mass is 352 g/mol. The van der Waals surface area contributed by atoms with Crippen molar-refractivity contribution in [2.75, 3.05) is 7.05 Å². The van der Waals surface area contributed by atoms with Crippen LogP contribution < -0.4 is 4.72 Å². The minimum atomic E-state index is -3.90. The molecule has 9 heteroatoms.